The van der Waals surface area contributed by atoms with Crippen LogP contribution in [0.3, 0.4) is 0 Å². The molecule has 0 rings (SSSR count). The predicted octanol–water partition coefficient (Wildman–Crippen LogP) is 6.64. The SMILES string of the molecule is COC(CCCCCBr)OC.O=CCCCCCBr.OCCCCCCBr. The van der Waals surface area contributed by atoms with Crippen LogP contribution < -0.4 is 0 Å². The Bertz CT molecular complexity index is 237. The first-order chi connectivity index (χ1) is 13.2. The zero-order chi connectivity index (χ0) is 21.0. The van der Waals surface area contributed by atoms with Crippen LogP contribution in [-0.4, -0.2) is 54.5 Å². The highest BCUT2D eigenvalue weighted by molar-refractivity contribution is 9.09. The summed E-state index contributed by atoms with van der Waals surface area (Å²) < 4.78 is 10.1. The molecule has 0 spiro atoms. The lowest BCUT2D eigenvalue weighted by molar-refractivity contribution is -0.108. The Morgan fingerprint density at radius 3 is 1.59 bits per heavy atom. The first-order valence-corrected chi connectivity index (χ1v) is 13.3. The Morgan fingerprint density at radius 1 is 0.741 bits per heavy atom. The number of aliphatic hydroxyl groups excluding tert-OH is 1. The van der Waals surface area contributed by atoms with E-state index in [2.05, 4.69) is 47.8 Å². The number of aliphatic hydroxyl groups is 1. The smallest absolute Gasteiger partial charge is 0.156 e. The van der Waals surface area contributed by atoms with Gasteiger partial charge in [-0.25, -0.2) is 0 Å². The van der Waals surface area contributed by atoms with Gasteiger partial charge in [-0.3, -0.25) is 0 Å². The summed E-state index contributed by atoms with van der Waals surface area (Å²) in [5.74, 6) is 0. The van der Waals surface area contributed by atoms with Crippen molar-refractivity contribution in [3.8, 4) is 0 Å². The molecule has 27 heavy (non-hydrogen) atoms. The minimum absolute atomic E-state index is 0.00896. The van der Waals surface area contributed by atoms with E-state index in [1.54, 1.807) is 14.2 Å². The minimum Gasteiger partial charge on any atom is -0.396 e. The van der Waals surface area contributed by atoms with Gasteiger partial charge in [0.05, 0.1) is 0 Å². The number of methoxy groups -OCH3 is 2. The van der Waals surface area contributed by atoms with E-state index in [0.29, 0.717) is 6.61 Å². The lowest BCUT2D eigenvalue weighted by Crippen LogP contribution is -2.12. The third-order valence-electron chi connectivity index (χ3n) is 3.60. The largest absolute Gasteiger partial charge is 0.396 e. The van der Waals surface area contributed by atoms with Gasteiger partial charge in [-0.05, 0) is 44.9 Å². The van der Waals surface area contributed by atoms with Crippen molar-refractivity contribution in [2.24, 2.45) is 0 Å². The van der Waals surface area contributed by atoms with Crippen LogP contribution in [0, 0.1) is 0 Å². The molecule has 0 radical (unpaired) electrons. The number of rotatable bonds is 17. The topological polar surface area (TPSA) is 55.8 Å². The summed E-state index contributed by atoms with van der Waals surface area (Å²) in [6, 6.07) is 0. The van der Waals surface area contributed by atoms with Crippen LogP contribution >= 0.6 is 47.8 Å². The highest BCUT2D eigenvalue weighted by Crippen LogP contribution is 2.07. The van der Waals surface area contributed by atoms with Crippen molar-refractivity contribution in [2.75, 3.05) is 36.8 Å². The lowest BCUT2D eigenvalue weighted by Gasteiger charge is -2.12. The van der Waals surface area contributed by atoms with Crippen molar-refractivity contribution in [1.29, 1.82) is 0 Å². The van der Waals surface area contributed by atoms with Gasteiger partial charge in [0.2, 0.25) is 0 Å². The van der Waals surface area contributed by atoms with Crippen LogP contribution in [0.15, 0.2) is 0 Å². The van der Waals surface area contributed by atoms with Crippen molar-refractivity contribution in [1.82, 2.24) is 0 Å². The minimum atomic E-state index is -0.00896. The van der Waals surface area contributed by atoms with Crippen LogP contribution in [0.25, 0.3) is 0 Å². The summed E-state index contributed by atoms with van der Waals surface area (Å²) in [6.45, 7) is 0.349. The van der Waals surface area contributed by atoms with Gasteiger partial charge in [0, 0.05) is 43.2 Å². The van der Waals surface area contributed by atoms with Crippen molar-refractivity contribution >= 4 is 54.1 Å². The zero-order valence-corrected chi connectivity index (χ0v) is 22.0. The number of carbonyl (C=O) groups is 1. The summed E-state index contributed by atoms with van der Waals surface area (Å²) in [6.07, 6.45) is 14.4. The number of aldehydes is 1. The second-order valence-electron chi connectivity index (χ2n) is 5.97. The zero-order valence-electron chi connectivity index (χ0n) is 17.3. The molecule has 7 heteroatoms. The van der Waals surface area contributed by atoms with E-state index in [9.17, 15) is 4.79 Å². The molecule has 0 saturated carbocycles. The number of hydrogen-bond donors (Lipinski definition) is 1. The molecule has 0 aromatic rings. The number of halogens is 3. The first kappa shape index (κ1) is 32.6. The maximum atomic E-state index is 9.76. The molecule has 0 heterocycles. The standard InChI is InChI=1S/C8H17BrO2.C6H13BrO.C6H11BrO/c1-10-8(11-2)6-4-3-5-7-9;2*7-5-3-1-2-4-6-8/h8H,3-7H2,1-2H3;8H,1-6H2;6H,1-5H2. The summed E-state index contributed by atoms with van der Waals surface area (Å²) in [5, 5.41) is 11.6. The molecule has 0 amide bonds. The maximum Gasteiger partial charge on any atom is 0.156 e. The molecule has 1 N–H and O–H groups in total. The molecule has 0 atom stereocenters. The molecule has 0 aliphatic rings. The van der Waals surface area contributed by atoms with E-state index < -0.39 is 0 Å². The fourth-order valence-corrected chi connectivity index (χ4v) is 3.16. The Hall–Kier alpha value is 0.990. The monoisotopic (exact) mass is 582 g/mol. The van der Waals surface area contributed by atoms with Crippen molar-refractivity contribution in [3.63, 3.8) is 0 Å². The Kier molecular flexibility index (Phi) is 41.7. The molecule has 0 unspecified atom stereocenters. The highest BCUT2D eigenvalue weighted by atomic mass is 79.9. The van der Waals surface area contributed by atoms with Crippen LogP contribution in [0.1, 0.15) is 77.0 Å². The summed E-state index contributed by atoms with van der Waals surface area (Å²) in [5.41, 5.74) is 0. The molecular weight excluding hydrogens is 544 g/mol. The van der Waals surface area contributed by atoms with Crippen molar-refractivity contribution < 1.29 is 19.4 Å². The second kappa shape index (κ2) is 34.5. The Balaban J connectivity index is -0.000000327. The van der Waals surface area contributed by atoms with E-state index in [1.165, 1.54) is 51.4 Å². The third-order valence-corrected chi connectivity index (χ3v) is 5.28. The van der Waals surface area contributed by atoms with Crippen molar-refractivity contribution in [2.45, 2.75) is 83.3 Å². The Morgan fingerprint density at radius 2 is 1.19 bits per heavy atom. The summed E-state index contributed by atoms with van der Waals surface area (Å²) in [7, 11) is 3.36. The molecule has 0 saturated heterocycles. The number of ether oxygens (including phenoxy) is 2. The third kappa shape index (κ3) is 38.3. The second-order valence-corrected chi connectivity index (χ2v) is 8.35. The molecule has 4 nitrogen and oxygen atoms in total. The van der Waals surface area contributed by atoms with Gasteiger partial charge in [-0.15, -0.1) is 0 Å². The number of unbranched alkanes of at least 4 members (excludes halogenated alkanes) is 8. The van der Waals surface area contributed by atoms with Crippen molar-refractivity contribution in [3.05, 3.63) is 0 Å². The van der Waals surface area contributed by atoms with Gasteiger partial charge in [0.1, 0.15) is 6.29 Å². The average molecular weight is 585 g/mol. The fourth-order valence-electron chi connectivity index (χ4n) is 1.97. The highest BCUT2D eigenvalue weighted by Gasteiger charge is 2.02. The molecular formula is C20H41Br3O4. The van der Waals surface area contributed by atoms with Gasteiger partial charge in [0.15, 0.2) is 6.29 Å². The van der Waals surface area contributed by atoms with Gasteiger partial charge >= 0.3 is 0 Å². The predicted molar refractivity (Wildman–Crippen MR) is 128 cm³/mol. The van der Waals surface area contributed by atoms with Crippen LogP contribution in [0.4, 0.5) is 0 Å². The first-order valence-electron chi connectivity index (χ1n) is 9.96. The van der Waals surface area contributed by atoms with Gasteiger partial charge < -0.3 is 19.4 Å². The quantitative estimate of drug-likeness (QED) is 0.0901. The number of carbonyl (C=O) groups excluding carboxylic acids is 1. The van der Waals surface area contributed by atoms with Gasteiger partial charge in [-0.1, -0.05) is 73.5 Å². The number of hydrogen-bond acceptors (Lipinski definition) is 4. The van der Waals surface area contributed by atoms with E-state index in [0.717, 1.165) is 48.0 Å². The summed E-state index contributed by atoms with van der Waals surface area (Å²) in [4.78, 5) is 9.76. The maximum absolute atomic E-state index is 9.76. The molecule has 166 valence electrons. The van der Waals surface area contributed by atoms with E-state index >= 15 is 0 Å². The van der Waals surface area contributed by atoms with Gasteiger partial charge in [-0.2, -0.15) is 0 Å². The normalized spacial score (nSPS) is 10.0. The molecule has 0 bridgehead atoms. The molecule has 0 aromatic carbocycles. The van der Waals surface area contributed by atoms with Crippen LogP contribution in [-0.2, 0) is 14.3 Å². The van der Waals surface area contributed by atoms with E-state index in [-0.39, 0.29) is 6.29 Å². The van der Waals surface area contributed by atoms with Crippen LogP contribution in [0.5, 0.6) is 0 Å². The van der Waals surface area contributed by atoms with E-state index in [4.69, 9.17) is 14.6 Å². The Labute approximate surface area is 192 Å². The molecule has 0 fully saturated rings. The summed E-state index contributed by atoms with van der Waals surface area (Å²) >= 11 is 10.0. The molecule has 0 aromatic heterocycles. The average Bonchev–Trinajstić information content (AvgIpc) is 2.70. The van der Waals surface area contributed by atoms with E-state index in [1.807, 2.05) is 0 Å². The molecule has 0 aliphatic carbocycles. The molecule has 0 aliphatic heterocycles. The van der Waals surface area contributed by atoms with Crippen LogP contribution in [0.2, 0.25) is 0 Å². The lowest BCUT2D eigenvalue weighted by atomic mass is 10.2. The van der Waals surface area contributed by atoms with Gasteiger partial charge in [0.25, 0.3) is 0 Å². The number of alkyl halides is 3. The fraction of sp³-hybridized carbons (Fsp3) is 0.950.